The zero-order valence-corrected chi connectivity index (χ0v) is 16.8. The number of hydrogen-bond acceptors (Lipinski definition) is 8. The van der Waals surface area contributed by atoms with Crippen molar-refractivity contribution in [2.24, 2.45) is 0 Å². The number of carbonyl (C=O) groups is 2. The molecule has 0 N–H and O–H groups in total. The molecule has 28 heavy (non-hydrogen) atoms. The van der Waals surface area contributed by atoms with Gasteiger partial charge in [0.25, 0.3) is 5.78 Å². The first-order valence-corrected chi connectivity index (χ1v) is 9.33. The minimum atomic E-state index is -0.881. The Labute approximate surface area is 166 Å². The Morgan fingerprint density at radius 1 is 0.714 bits per heavy atom. The Balaban J connectivity index is 1.84. The van der Waals surface area contributed by atoms with Gasteiger partial charge in [-0.2, -0.15) is 0 Å². The van der Waals surface area contributed by atoms with Crippen LogP contribution in [0.4, 0.5) is 0 Å². The van der Waals surface area contributed by atoms with Gasteiger partial charge in [0.2, 0.25) is 0 Å². The van der Waals surface area contributed by atoms with Gasteiger partial charge >= 0.3 is 5.97 Å². The number of ether oxygens (including phenoxy) is 5. The molecular formula is C20H31NO7. The van der Waals surface area contributed by atoms with Gasteiger partial charge in [0.05, 0.1) is 52.9 Å². The lowest BCUT2D eigenvalue weighted by Crippen LogP contribution is -2.20. The van der Waals surface area contributed by atoms with Crippen molar-refractivity contribution in [2.75, 3.05) is 80.1 Å². The molecular weight excluding hydrogens is 366 g/mol. The van der Waals surface area contributed by atoms with Crippen molar-refractivity contribution in [3.05, 3.63) is 35.9 Å². The molecule has 8 nitrogen and oxygen atoms in total. The highest BCUT2D eigenvalue weighted by molar-refractivity contribution is 6.40. The molecule has 0 aliphatic heterocycles. The summed E-state index contributed by atoms with van der Waals surface area (Å²) in [5.41, 5.74) is 0.309. The Hall–Kier alpha value is -1.84. The third kappa shape index (κ3) is 12.5. The van der Waals surface area contributed by atoms with E-state index >= 15 is 0 Å². The highest BCUT2D eigenvalue weighted by Crippen LogP contribution is 2.01. The van der Waals surface area contributed by atoms with Crippen LogP contribution in [0.15, 0.2) is 30.3 Å². The van der Waals surface area contributed by atoms with Crippen LogP contribution in [-0.4, -0.2) is 96.8 Å². The summed E-state index contributed by atoms with van der Waals surface area (Å²) in [4.78, 5) is 25.5. The van der Waals surface area contributed by atoms with E-state index in [1.165, 1.54) is 0 Å². The number of carbonyl (C=O) groups excluding carboxylic acids is 2. The second-order valence-electron chi connectivity index (χ2n) is 6.08. The Morgan fingerprint density at radius 2 is 1.18 bits per heavy atom. The molecule has 0 aromatic heterocycles. The minimum absolute atomic E-state index is 0.0222. The van der Waals surface area contributed by atoms with Gasteiger partial charge in [-0.15, -0.1) is 0 Å². The van der Waals surface area contributed by atoms with E-state index in [1.807, 2.05) is 14.1 Å². The van der Waals surface area contributed by atoms with Crippen molar-refractivity contribution in [1.82, 2.24) is 4.90 Å². The zero-order chi connectivity index (χ0) is 20.5. The van der Waals surface area contributed by atoms with Crippen LogP contribution in [0.25, 0.3) is 0 Å². The van der Waals surface area contributed by atoms with E-state index in [9.17, 15) is 9.59 Å². The van der Waals surface area contributed by atoms with Crippen LogP contribution in [0.5, 0.6) is 0 Å². The van der Waals surface area contributed by atoms with E-state index in [2.05, 4.69) is 4.90 Å². The van der Waals surface area contributed by atoms with E-state index in [4.69, 9.17) is 23.7 Å². The molecule has 1 aromatic rings. The van der Waals surface area contributed by atoms with Gasteiger partial charge in [-0.3, -0.25) is 4.79 Å². The van der Waals surface area contributed by atoms with Crippen LogP contribution < -0.4 is 0 Å². The first-order chi connectivity index (χ1) is 13.6. The molecule has 1 aromatic carbocycles. The summed E-state index contributed by atoms with van der Waals surface area (Å²) in [5, 5.41) is 0. The molecule has 0 amide bonds. The summed E-state index contributed by atoms with van der Waals surface area (Å²) in [7, 11) is 4.00. The molecule has 0 saturated heterocycles. The highest BCUT2D eigenvalue weighted by atomic mass is 16.6. The average Bonchev–Trinajstić information content (AvgIpc) is 2.70. The van der Waals surface area contributed by atoms with E-state index < -0.39 is 11.8 Å². The number of benzene rings is 1. The number of likely N-dealkylation sites (N-methyl/N-ethyl adjacent to an activating group) is 1. The van der Waals surface area contributed by atoms with Crippen molar-refractivity contribution in [1.29, 1.82) is 0 Å². The summed E-state index contributed by atoms with van der Waals surface area (Å²) in [6, 6.07) is 8.29. The van der Waals surface area contributed by atoms with Crippen LogP contribution in [0.2, 0.25) is 0 Å². The second kappa shape index (κ2) is 16.1. The van der Waals surface area contributed by atoms with Crippen molar-refractivity contribution in [3.63, 3.8) is 0 Å². The molecule has 0 saturated carbocycles. The summed E-state index contributed by atoms with van der Waals surface area (Å²) in [5.74, 6) is -1.54. The lowest BCUT2D eigenvalue weighted by Gasteiger charge is -2.10. The Kier molecular flexibility index (Phi) is 14.0. The van der Waals surface area contributed by atoms with E-state index in [0.29, 0.717) is 51.8 Å². The van der Waals surface area contributed by atoms with Crippen LogP contribution in [0.3, 0.4) is 0 Å². The monoisotopic (exact) mass is 397 g/mol. The van der Waals surface area contributed by atoms with Crippen LogP contribution >= 0.6 is 0 Å². The van der Waals surface area contributed by atoms with Gasteiger partial charge in [-0.1, -0.05) is 30.3 Å². The molecule has 0 atom stereocenters. The van der Waals surface area contributed by atoms with E-state index in [1.54, 1.807) is 30.3 Å². The fourth-order valence-electron chi connectivity index (χ4n) is 1.98. The molecule has 8 heteroatoms. The smallest absolute Gasteiger partial charge is 0.379 e. The molecule has 1 rings (SSSR count). The fraction of sp³-hybridized carbons (Fsp3) is 0.600. The number of esters is 1. The maximum atomic E-state index is 11.8. The quantitative estimate of drug-likeness (QED) is 0.167. The van der Waals surface area contributed by atoms with Crippen molar-refractivity contribution >= 4 is 11.8 Å². The first kappa shape index (κ1) is 24.2. The molecule has 0 unspecified atom stereocenters. The van der Waals surface area contributed by atoms with Crippen molar-refractivity contribution in [3.8, 4) is 0 Å². The SMILES string of the molecule is CN(C)CCOCCOCCOCCOCCOC(=O)C(=O)c1ccccc1. The lowest BCUT2D eigenvalue weighted by molar-refractivity contribution is -0.139. The number of hydrogen-bond donors (Lipinski definition) is 0. The van der Waals surface area contributed by atoms with Gasteiger partial charge in [0.15, 0.2) is 0 Å². The molecule has 0 fully saturated rings. The highest BCUT2D eigenvalue weighted by Gasteiger charge is 2.16. The molecule has 0 aliphatic rings. The van der Waals surface area contributed by atoms with Gasteiger partial charge in [0, 0.05) is 12.1 Å². The van der Waals surface area contributed by atoms with Gasteiger partial charge in [-0.25, -0.2) is 4.79 Å². The van der Waals surface area contributed by atoms with E-state index in [0.717, 1.165) is 6.54 Å². The van der Waals surface area contributed by atoms with E-state index in [-0.39, 0.29) is 13.2 Å². The normalized spacial score (nSPS) is 11.0. The number of Topliss-reactive ketones (excluding diaryl/α,β-unsaturated/α-hetero) is 1. The third-order valence-electron chi connectivity index (χ3n) is 3.48. The third-order valence-corrected chi connectivity index (χ3v) is 3.48. The topological polar surface area (TPSA) is 83.5 Å². The first-order valence-electron chi connectivity index (χ1n) is 9.33. The lowest BCUT2D eigenvalue weighted by atomic mass is 10.1. The van der Waals surface area contributed by atoms with Crippen LogP contribution in [0, 0.1) is 0 Å². The van der Waals surface area contributed by atoms with Crippen LogP contribution in [0.1, 0.15) is 10.4 Å². The van der Waals surface area contributed by atoms with Crippen LogP contribution in [-0.2, 0) is 28.5 Å². The maximum Gasteiger partial charge on any atom is 0.379 e. The summed E-state index contributed by atoms with van der Waals surface area (Å²) < 4.78 is 26.3. The Morgan fingerprint density at radius 3 is 1.68 bits per heavy atom. The summed E-state index contributed by atoms with van der Waals surface area (Å²) in [6.07, 6.45) is 0. The predicted molar refractivity (Wildman–Crippen MR) is 104 cm³/mol. The van der Waals surface area contributed by atoms with Crippen molar-refractivity contribution in [2.45, 2.75) is 0 Å². The van der Waals surface area contributed by atoms with Gasteiger partial charge < -0.3 is 28.6 Å². The summed E-state index contributed by atoms with van der Waals surface area (Å²) >= 11 is 0. The van der Waals surface area contributed by atoms with Gasteiger partial charge in [0.1, 0.15) is 6.61 Å². The minimum Gasteiger partial charge on any atom is -0.457 e. The fourth-order valence-corrected chi connectivity index (χ4v) is 1.98. The molecule has 0 heterocycles. The summed E-state index contributed by atoms with van der Waals surface area (Å²) in [6.45, 7) is 4.69. The van der Waals surface area contributed by atoms with Crippen molar-refractivity contribution < 1.29 is 33.3 Å². The predicted octanol–water partition coefficient (Wildman–Crippen LogP) is 1.04. The Bertz CT molecular complexity index is 537. The molecule has 0 aliphatic carbocycles. The second-order valence-corrected chi connectivity index (χ2v) is 6.08. The molecule has 158 valence electrons. The maximum absolute atomic E-state index is 11.8. The van der Waals surface area contributed by atoms with Gasteiger partial charge in [-0.05, 0) is 14.1 Å². The molecule has 0 radical (unpaired) electrons. The zero-order valence-electron chi connectivity index (χ0n) is 16.8. The molecule has 0 spiro atoms. The standard InChI is InChI=1S/C20H31NO7/c1-21(2)8-9-24-10-11-25-12-13-26-14-15-27-16-17-28-20(23)19(22)18-6-4-3-5-7-18/h3-7H,8-17H2,1-2H3. The average molecular weight is 397 g/mol. The number of ketones is 1. The molecule has 0 bridgehead atoms. The largest absolute Gasteiger partial charge is 0.457 e. The number of rotatable bonds is 17. The number of nitrogens with zero attached hydrogens (tertiary/aromatic N) is 1.